The van der Waals surface area contributed by atoms with Crippen LogP contribution in [0.15, 0.2) is 0 Å². The predicted octanol–water partition coefficient (Wildman–Crippen LogP) is 4.03. The lowest BCUT2D eigenvalue weighted by Gasteiger charge is -2.63. The van der Waals surface area contributed by atoms with Gasteiger partial charge in [0, 0.05) is 12.0 Å². The summed E-state index contributed by atoms with van der Waals surface area (Å²) in [7, 11) is 1.52. The van der Waals surface area contributed by atoms with Gasteiger partial charge in [-0.15, -0.1) is 0 Å². The Morgan fingerprint density at radius 1 is 1.03 bits per heavy atom. The molecule has 1 saturated heterocycles. The minimum atomic E-state index is -0.371. The molecule has 5 rings (SSSR count). The first-order chi connectivity index (χ1) is 15.7. The summed E-state index contributed by atoms with van der Waals surface area (Å²) in [6, 6.07) is 0. The molecule has 5 fully saturated rings. The van der Waals surface area contributed by atoms with Gasteiger partial charge in [-0.1, -0.05) is 13.8 Å². The summed E-state index contributed by atoms with van der Waals surface area (Å²) in [4.78, 5) is 12.5. The van der Waals surface area contributed by atoms with Gasteiger partial charge in [0.2, 0.25) is 0 Å². The third-order valence-electron chi connectivity index (χ3n) is 11.0. The summed E-state index contributed by atoms with van der Waals surface area (Å²) in [5.41, 5.74) is 7.35. The van der Waals surface area contributed by atoms with Crippen LogP contribution in [0.1, 0.15) is 85.0 Å². The van der Waals surface area contributed by atoms with Crippen molar-refractivity contribution in [1.29, 1.82) is 0 Å². The molecule has 5 aliphatic rings. The number of aliphatic hydroxyl groups excluding tert-OH is 1. The summed E-state index contributed by atoms with van der Waals surface area (Å²) < 4.78 is 17.5. The Kier molecular flexibility index (Phi) is 6.38. The second-order valence-electron chi connectivity index (χ2n) is 12.5. The molecule has 12 atom stereocenters. The summed E-state index contributed by atoms with van der Waals surface area (Å²) >= 11 is 0. The SMILES string of the molecule is COC(=O)[C@@H]1CC[C@@]2(N)C1[C@H](C)C[C@H]1[C@H]2CC[C@@H]2C[C@@H](OC3CC[C@@H](O)C(C)O3)CC[C@@]21C. The van der Waals surface area contributed by atoms with Crippen LogP contribution in [0.25, 0.3) is 0 Å². The van der Waals surface area contributed by atoms with Crippen molar-refractivity contribution in [3.05, 3.63) is 0 Å². The van der Waals surface area contributed by atoms with Gasteiger partial charge in [0.1, 0.15) is 0 Å². The fraction of sp³-hybridized carbons (Fsp3) is 0.963. The number of methoxy groups -OCH3 is 1. The molecule has 188 valence electrons. The molecule has 1 aliphatic heterocycles. The highest BCUT2D eigenvalue weighted by atomic mass is 16.7. The Morgan fingerprint density at radius 3 is 2.55 bits per heavy atom. The predicted molar refractivity (Wildman–Crippen MR) is 125 cm³/mol. The number of rotatable bonds is 3. The Hall–Kier alpha value is -0.690. The fourth-order valence-corrected chi connectivity index (χ4v) is 9.26. The molecule has 0 aromatic heterocycles. The van der Waals surface area contributed by atoms with Crippen LogP contribution in [-0.4, -0.2) is 48.3 Å². The number of aliphatic hydroxyl groups is 1. The maximum atomic E-state index is 12.5. The van der Waals surface area contributed by atoms with Crippen molar-refractivity contribution in [2.24, 2.45) is 46.7 Å². The Labute approximate surface area is 199 Å². The quantitative estimate of drug-likeness (QED) is 0.485. The van der Waals surface area contributed by atoms with Gasteiger partial charge in [-0.05, 0) is 99.7 Å². The molecule has 3 N–H and O–H groups in total. The summed E-state index contributed by atoms with van der Waals surface area (Å²) in [6.45, 7) is 6.80. The maximum Gasteiger partial charge on any atom is 0.309 e. The van der Waals surface area contributed by atoms with Crippen LogP contribution in [0.5, 0.6) is 0 Å². The minimum absolute atomic E-state index is 0.0259. The largest absolute Gasteiger partial charge is 0.469 e. The highest BCUT2D eigenvalue weighted by molar-refractivity contribution is 5.73. The number of fused-ring (bicyclic) bond motifs is 5. The van der Waals surface area contributed by atoms with Crippen LogP contribution in [0, 0.1) is 40.9 Å². The van der Waals surface area contributed by atoms with Crippen molar-refractivity contribution in [3.63, 3.8) is 0 Å². The minimum Gasteiger partial charge on any atom is -0.469 e. The van der Waals surface area contributed by atoms with Gasteiger partial charge in [0.05, 0.1) is 31.3 Å². The van der Waals surface area contributed by atoms with Crippen LogP contribution < -0.4 is 5.73 Å². The van der Waals surface area contributed by atoms with Crippen molar-refractivity contribution < 1.29 is 24.1 Å². The molecule has 33 heavy (non-hydrogen) atoms. The van der Waals surface area contributed by atoms with Crippen molar-refractivity contribution in [1.82, 2.24) is 0 Å². The van der Waals surface area contributed by atoms with Crippen molar-refractivity contribution in [2.45, 2.75) is 115 Å². The van der Waals surface area contributed by atoms with Crippen molar-refractivity contribution >= 4 is 5.97 Å². The van der Waals surface area contributed by atoms with E-state index in [1.54, 1.807) is 0 Å². The van der Waals surface area contributed by atoms with E-state index >= 15 is 0 Å². The molecule has 6 nitrogen and oxygen atoms in total. The standard InChI is InChI=1S/C27H45NO5/c1-15-13-21-20(27(28)12-10-19(24(15)27)25(30)31-4)6-5-17-14-18(9-11-26(17,21)3)33-23-8-7-22(29)16(2)32-23/h15-24,29H,5-14,28H2,1-4H3/t15-,16?,17-,18+,19-,20-,21+,22-,23?,24?,26+,27+/m1/s1. The number of ether oxygens (including phenoxy) is 3. The number of esters is 1. The summed E-state index contributed by atoms with van der Waals surface area (Å²) in [6.07, 6.45) is 9.87. The molecule has 0 radical (unpaired) electrons. The van der Waals surface area contributed by atoms with E-state index in [1.807, 2.05) is 6.92 Å². The topological polar surface area (TPSA) is 91.0 Å². The van der Waals surface area contributed by atoms with Crippen LogP contribution in [-0.2, 0) is 19.0 Å². The number of carbonyl (C=O) groups excluding carboxylic acids is 1. The highest BCUT2D eigenvalue weighted by Crippen LogP contribution is 2.65. The fourth-order valence-electron chi connectivity index (χ4n) is 9.26. The molecule has 4 aliphatic carbocycles. The molecule has 4 saturated carbocycles. The van der Waals surface area contributed by atoms with E-state index in [0.717, 1.165) is 38.5 Å². The van der Waals surface area contributed by atoms with Crippen LogP contribution in [0.3, 0.4) is 0 Å². The molecule has 1 heterocycles. The van der Waals surface area contributed by atoms with Gasteiger partial charge in [-0.25, -0.2) is 0 Å². The third kappa shape index (κ3) is 3.88. The molecule has 0 aromatic rings. The lowest BCUT2D eigenvalue weighted by atomic mass is 9.44. The molecular formula is C27H45NO5. The molecule has 0 amide bonds. The number of nitrogens with two attached hydrogens (primary N) is 1. The van der Waals surface area contributed by atoms with Gasteiger partial charge < -0.3 is 25.1 Å². The smallest absolute Gasteiger partial charge is 0.309 e. The average molecular weight is 464 g/mol. The number of carbonyl (C=O) groups is 1. The maximum absolute atomic E-state index is 12.5. The number of hydrogen-bond donors (Lipinski definition) is 2. The first-order valence-electron chi connectivity index (χ1n) is 13.5. The average Bonchev–Trinajstić information content (AvgIpc) is 3.15. The van der Waals surface area contributed by atoms with Crippen LogP contribution >= 0.6 is 0 Å². The zero-order valence-corrected chi connectivity index (χ0v) is 21.0. The zero-order chi connectivity index (χ0) is 23.5. The van der Waals surface area contributed by atoms with Crippen molar-refractivity contribution in [2.75, 3.05) is 7.11 Å². The van der Waals surface area contributed by atoms with Crippen LogP contribution in [0.2, 0.25) is 0 Å². The lowest BCUT2D eigenvalue weighted by Crippen LogP contribution is -2.64. The summed E-state index contributed by atoms with van der Waals surface area (Å²) in [5.74, 6) is 2.43. The Bertz CT molecular complexity index is 746. The monoisotopic (exact) mass is 463 g/mol. The van der Waals surface area contributed by atoms with E-state index in [1.165, 1.54) is 32.8 Å². The highest BCUT2D eigenvalue weighted by Gasteiger charge is 2.64. The molecule has 0 aromatic carbocycles. The normalized spacial score (nSPS) is 54.1. The van der Waals surface area contributed by atoms with Gasteiger partial charge in [0.25, 0.3) is 0 Å². The molecule has 0 bridgehead atoms. The lowest BCUT2D eigenvalue weighted by molar-refractivity contribution is -0.247. The second-order valence-corrected chi connectivity index (χ2v) is 12.5. The summed E-state index contributed by atoms with van der Waals surface area (Å²) in [5, 5.41) is 9.95. The van der Waals surface area contributed by atoms with E-state index in [-0.39, 0.29) is 47.9 Å². The molecule has 6 heteroatoms. The van der Waals surface area contributed by atoms with Crippen molar-refractivity contribution in [3.8, 4) is 0 Å². The third-order valence-corrected chi connectivity index (χ3v) is 11.0. The zero-order valence-electron chi connectivity index (χ0n) is 21.0. The van der Waals surface area contributed by atoms with Gasteiger partial charge >= 0.3 is 5.97 Å². The molecule has 0 spiro atoms. The van der Waals surface area contributed by atoms with Gasteiger partial charge in [0.15, 0.2) is 6.29 Å². The second kappa shape index (κ2) is 8.76. The van der Waals surface area contributed by atoms with Crippen LogP contribution in [0.4, 0.5) is 0 Å². The molecular weight excluding hydrogens is 418 g/mol. The van der Waals surface area contributed by atoms with E-state index in [4.69, 9.17) is 19.9 Å². The van der Waals surface area contributed by atoms with E-state index < -0.39 is 0 Å². The van der Waals surface area contributed by atoms with E-state index in [9.17, 15) is 9.90 Å². The first kappa shape index (κ1) is 24.0. The van der Waals surface area contributed by atoms with Gasteiger partial charge in [-0.3, -0.25) is 4.79 Å². The Morgan fingerprint density at radius 2 is 1.82 bits per heavy atom. The Balaban J connectivity index is 1.28. The first-order valence-corrected chi connectivity index (χ1v) is 13.5. The van der Waals surface area contributed by atoms with Gasteiger partial charge in [-0.2, -0.15) is 0 Å². The molecule has 3 unspecified atom stereocenters. The van der Waals surface area contributed by atoms with E-state index in [2.05, 4.69) is 13.8 Å². The number of hydrogen-bond acceptors (Lipinski definition) is 6. The van der Waals surface area contributed by atoms with E-state index in [0.29, 0.717) is 29.1 Å².